The summed E-state index contributed by atoms with van der Waals surface area (Å²) >= 11 is 0.468. The van der Waals surface area contributed by atoms with Gasteiger partial charge in [0.1, 0.15) is 5.76 Å². The number of thioether (sulfide) groups is 1. The normalized spacial score (nSPS) is 16.3. The first-order valence-electron chi connectivity index (χ1n) is 8.24. The Bertz CT molecular complexity index is 671. The lowest BCUT2D eigenvalue weighted by Gasteiger charge is -2.26. The maximum absolute atomic E-state index is 12.4. The molecule has 4 nitrogen and oxygen atoms in total. The molecule has 0 spiro atoms. The molecule has 1 aromatic heterocycles. The fourth-order valence-electron chi connectivity index (χ4n) is 3.02. The van der Waals surface area contributed by atoms with Gasteiger partial charge >= 0.3 is 0 Å². The van der Waals surface area contributed by atoms with E-state index in [9.17, 15) is 13.6 Å². The number of furan rings is 1. The Hall–Kier alpha value is -1.86. The van der Waals surface area contributed by atoms with Gasteiger partial charge in [0.15, 0.2) is 0 Å². The van der Waals surface area contributed by atoms with Gasteiger partial charge in [0.2, 0.25) is 0 Å². The molecule has 3 rings (SSSR count). The zero-order valence-corrected chi connectivity index (χ0v) is 14.5. The van der Waals surface area contributed by atoms with Gasteiger partial charge in [0, 0.05) is 17.0 Å². The van der Waals surface area contributed by atoms with Crippen LogP contribution in [-0.2, 0) is 0 Å². The number of likely N-dealkylation sites (tertiary alicyclic amines) is 1. The topological polar surface area (TPSA) is 45.5 Å². The molecule has 1 fully saturated rings. The van der Waals surface area contributed by atoms with Crippen LogP contribution in [0.2, 0.25) is 0 Å². The van der Waals surface area contributed by atoms with Crippen molar-refractivity contribution in [1.82, 2.24) is 10.2 Å². The summed E-state index contributed by atoms with van der Waals surface area (Å²) in [6, 6.07) is 9.99. The van der Waals surface area contributed by atoms with E-state index in [4.69, 9.17) is 4.42 Å². The molecule has 1 atom stereocenters. The van der Waals surface area contributed by atoms with Crippen molar-refractivity contribution in [2.75, 3.05) is 19.6 Å². The van der Waals surface area contributed by atoms with E-state index in [1.54, 1.807) is 18.4 Å². The van der Waals surface area contributed by atoms with E-state index in [-0.39, 0.29) is 11.9 Å². The minimum Gasteiger partial charge on any atom is -0.468 e. The minimum atomic E-state index is -2.46. The third-order valence-corrected chi connectivity index (χ3v) is 4.97. The first-order valence-corrected chi connectivity index (χ1v) is 9.12. The average Bonchev–Trinajstić information content (AvgIpc) is 3.29. The van der Waals surface area contributed by atoms with E-state index in [0.29, 0.717) is 28.8 Å². The van der Waals surface area contributed by atoms with Crippen molar-refractivity contribution < 1.29 is 18.0 Å². The highest BCUT2D eigenvalue weighted by molar-refractivity contribution is 7.99. The molecule has 0 unspecified atom stereocenters. The Morgan fingerprint density at radius 3 is 2.52 bits per heavy atom. The minimum absolute atomic E-state index is 0.00936. The monoisotopic (exact) mass is 366 g/mol. The third-order valence-electron chi connectivity index (χ3n) is 4.25. The van der Waals surface area contributed by atoms with Gasteiger partial charge in [-0.3, -0.25) is 9.69 Å². The second-order valence-corrected chi connectivity index (χ2v) is 6.95. The zero-order valence-electron chi connectivity index (χ0n) is 13.7. The number of benzene rings is 1. The molecule has 1 aliphatic rings. The smallest absolute Gasteiger partial charge is 0.288 e. The average molecular weight is 366 g/mol. The molecule has 7 heteroatoms. The number of hydrogen-bond acceptors (Lipinski definition) is 4. The van der Waals surface area contributed by atoms with Gasteiger partial charge in [0.25, 0.3) is 11.7 Å². The summed E-state index contributed by atoms with van der Waals surface area (Å²) in [6.45, 7) is 2.42. The largest absolute Gasteiger partial charge is 0.468 e. The lowest BCUT2D eigenvalue weighted by atomic mass is 10.1. The Morgan fingerprint density at radius 1 is 1.20 bits per heavy atom. The van der Waals surface area contributed by atoms with E-state index in [2.05, 4.69) is 10.2 Å². The Balaban J connectivity index is 1.61. The van der Waals surface area contributed by atoms with E-state index >= 15 is 0 Å². The van der Waals surface area contributed by atoms with Crippen molar-refractivity contribution in [3.63, 3.8) is 0 Å². The first kappa shape index (κ1) is 17.9. The fourth-order valence-corrected chi connectivity index (χ4v) is 3.52. The predicted molar refractivity (Wildman–Crippen MR) is 92.9 cm³/mol. The summed E-state index contributed by atoms with van der Waals surface area (Å²) in [5.74, 6) is -1.84. The summed E-state index contributed by atoms with van der Waals surface area (Å²) in [4.78, 5) is 15.1. The fraction of sp³-hybridized carbons (Fsp3) is 0.389. The Kier molecular flexibility index (Phi) is 6.09. The van der Waals surface area contributed by atoms with Crippen molar-refractivity contribution in [2.45, 2.75) is 29.5 Å². The van der Waals surface area contributed by atoms with Crippen molar-refractivity contribution in [1.29, 1.82) is 0 Å². The van der Waals surface area contributed by atoms with Crippen LogP contribution in [0.15, 0.2) is 52.0 Å². The van der Waals surface area contributed by atoms with Crippen LogP contribution >= 0.6 is 11.8 Å². The van der Waals surface area contributed by atoms with Gasteiger partial charge in [-0.25, -0.2) is 0 Å². The SMILES string of the molecule is O=C(NC[C@@H](c1ccco1)N1CCCC1)c1ccc(SC(F)F)cc1. The highest BCUT2D eigenvalue weighted by atomic mass is 32.2. The summed E-state index contributed by atoms with van der Waals surface area (Å²) in [7, 11) is 0. The number of halogens is 2. The lowest BCUT2D eigenvalue weighted by molar-refractivity contribution is 0.0933. The molecule has 0 radical (unpaired) electrons. The number of amides is 1. The quantitative estimate of drug-likeness (QED) is 0.748. The number of nitrogens with one attached hydrogen (secondary N) is 1. The Labute approximate surface area is 149 Å². The number of alkyl halides is 2. The number of rotatable bonds is 7. The van der Waals surface area contributed by atoms with Crippen LogP contribution in [0.25, 0.3) is 0 Å². The van der Waals surface area contributed by atoms with Gasteiger partial charge in [-0.1, -0.05) is 11.8 Å². The van der Waals surface area contributed by atoms with E-state index < -0.39 is 5.76 Å². The third kappa shape index (κ3) is 4.83. The molecule has 1 N–H and O–H groups in total. The van der Waals surface area contributed by atoms with Crippen LogP contribution in [0.5, 0.6) is 0 Å². The number of carbonyl (C=O) groups excluding carboxylic acids is 1. The molecule has 134 valence electrons. The van der Waals surface area contributed by atoms with Crippen molar-refractivity contribution in [3.8, 4) is 0 Å². The molecule has 1 aliphatic heterocycles. The molecule has 1 amide bonds. The van der Waals surface area contributed by atoms with Crippen LogP contribution in [0.1, 0.15) is 35.0 Å². The maximum atomic E-state index is 12.4. The molecule has 0 aliphatic carbocycles. The van der Waals surface area contributed by atoms with Gasteiger partial charge in [0.05, 0.1) is 12.3 Å². The van der Waals surface area contributed by atoms with Crippen molar-refractivity contribution in [2.24, 2.45) is 0 Å². The summed E-state index contributed by atoms with van der Waals surface area (Å²) in [6.07, 6.45) is 3.93. The van der Waals surface area contributed by atoms with Crippen LogP contribution in [0.3, 0.4) is 0 Å². The van der Waals surface area contributed by atoms with Crippen molar-refractivity contribution in [3.05, 3.63) is 54.0 Å². The molecule has 0 saturated carbocycles. The standard InChI is InChI=1S/C18H20F2N2O2S/c19-18(20)25-14-7-5-13(6-8-14)17(23)21-12-15(16-4-3-11-24-16)22-9-1-2-10-22/h3-8,11,15,18H,1-2,9-10,12H2,(H,21,23)/t15-/m0/s1. The van der Waals surface area contributed by atoms with Gasteiger partial charge in [-0.05, 0) is 62.3 Å². The van der Waals surface area contributed by atoms with Crippen molar-refractivity contribution >= 4 is 17.7 Å². The molecule has 2 aromatic rings. The summed E-state index contributed by atoms with van der Waals surface area (Å²) in [5.41, 5.74) is 0.457. The summed E-state index contributed by atoms with van der Waals surface area (Å²) < 4.78 is 30.2. The highest BCUT2D eigenvalue weighted by Gasteiger charge is 2.26. The van der Waals surface area contributed by atoms with Crippen LogP contribution in [-0.4, -0.2) is 36.2 Å². The highest BCUT2D eigenvalue weighted by Crippen LogP contribution is 2.26. The second kappa shape index (κ2) is 8.49. The van der Waals surface area contributed by atoms with E-state index in [0.717, 1.165) is 31.7 Å². The van der Waals surface area contributed by atoms with Gasteiger partial charge in [-0.15, -0.1) is 0 Å². The predicted octanol–water partition coefficient (Wildman–Crippen LogP) is 4.16. The lowest BCUT2D eigenvalue weighted by Crippen LogP contribution is -2.36. The van der Waals surface area contributed by atoms with Gasteiger partial charge < -0.3 is 9.73 Å². The molecule has 2 heterocycles. The second-order valence-electron chi connectivity index (χ2n) is 5.89. The molecule has 25 heavy (non-hydrogen) atoms. The number of hydrogen-bond donors (Lipinski definition) is 1. The van der Waals surface area contributed by atoms with Crippen LogP contribution in [0, 0.1) is 0 Å². The first-order chi connectivity index (χ1) is 12.1. The van der Waals surface area contributed by atoms with Crippen LogP contribution < -0.4 is 5.32 Å². The number of nitrogens with zero attached hydrogens (tertiary/aromatic N) is 1. The molecular weight excluding hydrogens is 346 g/mol. The zero-order chi connectivity index (χ0) is 17.6. The van der Waals surface area contributed by atoms with Crippen LogP contribution in [0.4, 0.5) is 8.78 Å². The molecule has 0 bridgehead atoms. The number of carbonyl (C=O) groups is 1. The molecular formula is C18H20F2N2O2S. The summed E-state index contributed by atoms with van der Waals surface area (Å²) in [5, 5.41) is 2.93. The Morgan fingerprint density at radius 2 is 1.92 bits per heavy atom. The maximum Gasteiger partial charge on any atom is 0.288 e. The van der Waals surface area contributed by atoms with Gasteiger partial charge in [-0.2, -0.15) is 8.78 Å². The van der Waals surface area contributed by atoms with E-state index in [1.807, 2.05) is 12.1 Å². The molecule has 1 aromatic carbocycles. The van der Waals surface area contributed by atoms with E-state index in [1.165, 1.54) is 12.1 Å². The molecule has 1 saturated heterocycles.